The number of aromatic nitrogens is 2. The van der Waals surface area contributed by atoms with Crippen LogP contribution in [-0.2, 0) is 19.4 Å². The van der Waals surface area contributed by atoms with Gasteiger partial charge < -0.3 is 4.98 Å². The maximum absolute atomic E-state index is 14.1. The van der Waals surface area contributed by atoms with Crippen LogP contribution in [0.15, 0.2) is 18.2 Å². The molecule has 1 N–H and O–H groups in total. The predicted octanol–water partition coefficient (Wildman–Crippen LogP) is 3.64. The van der Waals surface area contributed by atoms with Crippen molar-refractivity contribution in [2.24, 2.45) is 0 Å². The second kappa shape index (κ2) is 6.37. The number of nitrogens with one attached hydrogen (secondary N) is 1. The third-order valence-electron chi connectivity index (χ3n) is 5.20. The van der Waals surface area contributed by atoms with E-state index in [1.165, 1.54) is 36.4 Å². The number of nitrogens with zero attached hydrogens (tertiary/aromatic N) is 3. The summed E-state index contributed by atoms with van der Waals surface area (Å²) < 4.78 is 14.1. The second-order valence-electron chi connectivity index (χ2n) is 6.80. The molecule has 1 saturated heterocycles. The number of nitriles is 1. The summed E-state index contributed by atoms with van der Waals surface area (Å²) in [5.74, 6) is 0.801. The van der Waals surface area contributed by atoms with Gasteiger partial charge in [0, 0.05) is 17.8 Å². The lowest BCUT2D eigenvalue weighted by Crippen LogP contribution is -2.24. The Morgan fingerprint density at radius 3 is 3.00 bits per heavy atom. The van der Waals surface area contributed by atoms with Gasteiger partial charge in [-0.15, -0.1) is 0 Å². The van der Waals surface area contributed by atoms with Crippen molar-refractivity contribution in [3.8, 4) is 6.07 Å². The average molecular weight is 324 g/mol. The highest BCUT2D eigenvalue weighted by Gasteiger charge is 2.30. The van der Waals surface area contributed by atoms with Crippen molar-refractivity contribution in [1.29, 1.82) is 5.26 Å². The number of rotatable bonds is 3. The Kier molecular flexibility index (Phi) is 4.07. The Morgan fingerprint density at radius 1 is 1.29 bits per heavy atom. The Bertz CT molecular complexity index is 766. The number of imidazole rings is 1. The zero-order valence-electron chi connectivity index (χ0n) is 13.7. The van der Waals surface area contributed by atoms with Crippen molar-refractivity contribution in [3.05, 3.63) is 52.4 Å². The normalized spacial score (nSPS) is 20.8. The minimum absolute atomic E-state index is 0.223. The van der Waals surface area contributed by atoms with Crippen LogP contribution in [0.1, 0.15) is 60.1 Å². The molecule has 1 aliphatic heterocycles. The molecule has 1 fully saturated rings. The molecule has 2 aromatic rings. The van der Waals surface area contributed by atoms with E-state index in [0.717, 1.165) is 38.1 Å². The molecule has 1 unspecified atom stereocenters. The Labute approximate surface area is 141 Å². The van der Waals surface area contributed by atoms with Gasteiger partial charge >= 0.3 is 0 Å². The van der Waals surface area contributed by atoms with Crippen LogP contribution in [0, 0.1) is 17.1 Å². The average Bonchev–Trinajstić information content (AvgIpc) is 3.22. The Hall–Kier alpha value is -2.19. The van der Waals surface area contributed by atoms with Gasteiger partial charge in [-0.05, 0) is 63.3 Å². The topological polar surface area (TPSA) is 55.7 Å². The molecule has 5 heteroatoms. The van der Waals surface area contributed by atoms with E-state index in [1.54, 1.807) is 6.07 Å². The number of aromatic amines is 1. The summed E-state index contributed by atoms with van der Waals surface area (Å²) in [6.45, 7) is 1.46. The number of fused-ring (bicyclic) bond motifs is 1. The van der Waals surface area contributed by atoms with Crippen molar-refractivity contribution in [3.63, 3.8) is 0 Å². The van der Waals surface area contributed by atoms with Crippen molar-refractivity contribution in [1.82, 2.24) is 14.9 Å². The molecular formula is C19H21FN4. The summed E-state index contributed by atoms with van der Waals surface area (Å²) in [6, 6.07) is 6.90. The SMILES string of the molecule is N#Cc1ccc(F)c(CN2CCCC2c2nc3c([nH]2)CCCC3)c1. The van der Waals surface area contributed by atoms with Crippen LogP contribution in [-0.4, -0.2) is 21.4 Å². The largest absolute Gasteiger partial charge is 0.344 e. The number of halogens is 1. The quantitative estimate of drug-likeness (QED) is 0.938. The first-order chi connectivity index (χ1) is 11.7. The molecule has 0 radical (unpaired) electrons. The lowest BCUT2D eigenvalue weighted by molar-refractivity contribution is 0.237. The van der Waals surface area contributed by atoms with Crippen LogP contribution in [0.2, 0.25) is 0 Å². The maximum atomic E-state index is 14.1. The molecule has 24 heavy (non-hydrogen) atoms. The predicted molar refractivity (Wildman–Crippen MR) is 88.7 cm³/mol. The Balaban J connectivity index is 1.57. The molecule has 2 aliphatic rings. The monoisotopic (exact) mass is 324 g/mol. The molecule has 4 rings (SSSR count). The van der Waals surface area contributed by atoms with E-state index in [2.05, 4.69) is 16.0 Å². The Morgan fingerprint density at radius 2 is 2.17 bits per heavy atom. The summed E-state index contributed by atoms with van der Waals surface area (Å²) >= 11 is 0. The van der Waals surface area contributed by atoms with E-state index in [1.807, 2.05) is 0 Å². The van der Waals surface area contributed by atoms with Gasteiger partial charge in [-0.1, -0.05) is 0 Å². The lowest BCUT2D eigenvalue weighted by atomic mass is 10.0. The number of aryl methyl sites for hydroxylation is 2. The first kappa shape index (κ1) is 15.3. The lowest BCUT2D eigenvalue weighted by Gasteiger charge is -2.23. The second-order valence-corrected chi connectivity index (χ2v) is 6.80. The van der Waals surface area contributed by atoms with Crippen molar-refractivity contribution >= 4 is 0 Å². The number of likely N-dealkylation sites (tertiary alicyclic amines) is 1. The molecule has 1 aromatic heterocycles. The van der Waals surface area contributed by atoms with Gasteiger partial charge in [0.2, 0.25) is 0 Å². The molecule has 2 heterocycles. The summed E-state index contributed by atoms with van der Waals surface area (Å²) in [5, 5.41) is 9.04. The van der Waals surface area contributed by atoms with Gasteiger partial charge in [0.25, 0.3) is 0 Å². The first-order valence-corrected chi connectivity index (χ1v) is 8.75. The minimum Gasteiger partial charge on any atom is -0.344 e. The van der Waals surface area contributed by atoms with Gasteiger partial charge in [0.15, 0.2) is 0 Å². The summed E-state index contributed by atoms with van der Waals surface area (Å²) in [7, 11) is 0. The highest BCUT2D eigenvalue weighted by molar-refractivity contribution is 5.34. The number of benzene rings is 1. The molecule has 4 nitrogen and oxygen atoms in total. The maximum Gasteiger partial charge on any atom is 0.127 e. The van der Waals surface area contributed by atoms with Crippen LogP contribution in [0.3, 0.4) is 0 Å². The summed E-state index contributed by atoms with van der Waals surface area (Å²) in [5.41, 5.74) is 3.62. The fourth-order valence-corrected chi connectivity index (χ4v) is 3.94. The molecule has 0 saturated carbocycles. The van der Waals surface area contributed by atoms with E-state index in [9.17, 15) is 4.39 Å². The zero-order valence-corrected chi connectivity index (χ0v) is 13.7. The smallest absolute Gasteiger partial charge is 0.127 e. The number of hydrogen-bond acceptors (Lipinski definition) is 3. The number of H-pyrrole nitrogens is 1. The molecule has 0 spiro atoms. The van der Waals surface area contributed by atoms with Crippen LogP contribution in [0.25, 0.3) is 0 Å². The third kappa shape index (κ3) is 2.83. The molecular weight excluding hydrogens is 303 g/mol. The number of hydrogen-bond donors (Lipinski definition) is 1. The van der Waals surface area contributed by atoms with Gasteiger partial charge in [0.05, 0.1) is 23.4 Å². The third-order valence-corrected chi connectivity index (χ3v) is 5.20. The fraction of sp³-hybridized carbons (Fsp3) is 0.474. The van der Waals surface area contributed by atoms with Crippen LogP contribution in [0.5, 0.6) is 0 Å². The van der Waals surface area contributed by atoms with E-state index in [0.29, 0.717) is 17.7 Å². The van der Waals surface area contributed by atoms with Crippen LogP contribution in [0.4, 0.5) is 4.39 Å². The van der Waals surface area contributed by atoms with Crippen LogP contribution < -0.4 is 0 Å². The highest BCUT2D eigenvalue weighted by Crippen LogP contribution is 2.33. The summed E-state index contributed by atoms with van der Waals surface area (Å²) in [6.07, 6.45) is 6.75. The molecule has 1 aromatic carbocycles. The van der Waals surface area contributed by atoms with Crippen LogP contribution >= 0.6 is 0 Å². The van der Waals surface area contributed by atoms with Gasteiger partial charge in [-0.25, -0.2) is 9.37 Å². The highest BCUT2D eigenvalue weighted by atomic mass is 19.1. The van der Waals surface area contributed by atoms with Gasteiger partial charge in [-0.2, -0.15) is 5.26 Å². The molecule has 0 amide bonds. The van der Waals surface area contributed by atoms with Crippen molar-refractivity contribution < 1.29 is 4.39 Å². The van der Waals surface area contributed by atoms with Crippen molar-refractivity contribution in [2.75, 3.05) is 6.54 Å². The standard InChI is InChI=1S/C19H21FN4/c20-15-8-7-13(11-21)10-14(15)12-24-9-3-6-18(24)19-22-16-4-1-2-5-17(16)23-19/h7-8,10,18H,1-6,9,12H2,(H,22,23). The van der Waals surface area contributed by atoms with E-state index < -0.39 is 0 Å². The van der Waals surface area contributed by atoms with Gasteiger partial charge in [-0.3, -0.25) is 4.90 Å². The first-order valence-electron chi connectivity index (χ1n) is 8.75. The molecule has 1 atom stereocenters. The minimum atomic E-state index is -0.238. The van der Waals surface area contributed by atoms with Gasteiger partial charge in [0.1, 0.15) is 11.6 Å². The summed E-state index contributed by atoms with van der Waals surface area (Å²) in [4.78, 5) is 10.6. The molecule has 0 bridgehead atoms. The van der Waals surface area contributed by atoms with Crippen molar-refractivity contribution in [2.45, 2.75) is 51.1 Å². The fourth-order valence-electron chi connectivity index (χ4n) is 3.94. The zero-order chi connectivity index (χ0) is 16.5. The molecule has 1 aliphatic carbocycles. The van der Waals surface area contributed by atoms with E-state index >= 15 is 0 Å². The van der Waals surface area contributed by atoms with E-state index in [-0.39, 0.29) is 11.9 Å². The molecule has 124 valence electrons. The van der Waals surface area contributed by atoms with E-state index in [4.69, 9.17) is 10.2 Å².